The van der Waals surface area contributed by atoms with Crippen LogP contribution < -0.4 is 0 Å². The van der Waals surface area contributed by atoms with E-state index in [1.807, 2.05) is 6.08 Å². The number of carboxylic acids is 1. The molecule has 1 rings (SSSR count). The molecular formula is C63H106O12. The molecule has 6 atom stereocenters. The summed E-state index contributed by atoms with van der Waals surface area (Å²) in [7, 11) is 0. The fourth-order valence-corrected chi connectivity index (χ4v) is 8.69. The number of carbonyl (C=O) groups is 4. The monoisotopic (exact) mass is 1050 g/mol. The van der Waals surface area contributed by atoms with Crippen LogP contribution in [0.4, 0.5) is 0 Å². The summed E-state index contributed by atoms with van der Waals surface area (Å²) in [4.78, 5) is 51.1. The Morgan fingerprint density at radius 1 is 0.453 bits per heavy atom. The molecule has 1 heterocycles. The lowest BCUT2D eigenvalue weighted by Crippen LogP contribution is -2.61. The molecule has 0 bridgehead atoms. The Labute approximate surface area is 455 Å². The molecule has 75 heavy (non-hydrogen) atoms. The number of ether oxygens (including phenoxy) is 5. The molecule has 0 aromatic rings. The van der Waals surface area contributed by atoms with Gasteiger partial charge in [-0.15, -0.1) is 0 Å². The Bertz CT molecular complexity index is 1580. The van der Waals surface area contributed by atoms with Crippen molar-refractivity contribution in [1.82, 2.24) is 0 Å². The highest BCUT2D eigenvalue weighted by molar-refractivity contribution is 5.74. The summed E-state index contributed by atoms with van der Waals surface area (Å²) >= 11 is 0. The van der Waals surface area contributed by atoms with Crippen molar-refractivity contribution in [3.63, 3.8) is 0 Å². The number of unbranched alkanes of at least 4 members (excludes halogenated alkanes) is 24. The molecule has 0 amide bonds. The van der Waals surface area contributed by atoms with Crippen molar-refractivity contribution >= 4 is 23.9 Å². The van der Waals surface area contributed by atoms with Gasteiger partial charge in [0.1, 0.15) is 18.8 Å². The maximum atomic E-state index is 13.1. The Kier molecular flexibility index (Phi) is 47.0. The topological polar surface area (TPSA) is 175 Å². The van der Waals surface area contributed by atoms with E-state index in [2.05, 4.69) is 87.6 Å². The minimum atomic E-state index is -1.91. The maximum Gasteiger partial charge on any atom is 0.335 e. The maximum absolute atomic E-state index is 13.1. The highest BCUT2D eigenvalue weighted by Gasteiger charge is 2.50. The molecule has 1 aliphatic heterocycles. The molecule has 6 unspecified atom stereocenters. The van der Waals surface area contributed by atoms with Crippen LogP contribution >= 0.6 is 0 Å². The van der Waals surface area contributed by atoms with Crippen molar-refractivity contribution in [2.24, 2.45) is 0 Å². The fourth-order valence-electron chi connectivity index (χ4n) is 8.69. The average molecular weight is 1060 g/mol. The van der Waals surface area contributed by atoms with Crippen LogP contribution in [0, 0.1) is 0 Å². The van der Waals surface area contributed by atoms with Gasteiger partial charge < -0.3 is 39.0 Å². The number of carboxylic acid groups (broad SMARTS) is 1. The Hall–Kier alpha value is -3.84. The first kappa shape index (κ1) is 69.2. The Morgan fingerprint density at radius 2 is 0.853 bits per heavy atom. The Morgan fingerprint density at radius 3 is 1.35 bits per heavy atom. The second-order valence-corrected chi connectivity index (χ2v) is 20.3. The average Bonchev–Trinajstić information content (AvgIpc) is 3.39. The summed E-state index contributed by atoms with van der Waals surface area (Å²) in [5.74, 6) is -3.20. The number of aliphatic carboxylic acids is 1. The number of hydrogen-bond donors (Lipinski definition) is 3. The first-order valence-corrected chi connectivity index (χ1v) is 29.9. The van der Waals surface area contributed by atoms with Crippen LogP contribution in [0.2, 0.25) is 0 Å². The fraction of sp³-hybridized carbons (Fsp3) is 0.746. The van der Waals surface area contributed by atoms with E-state index < -0.39 is 67.3 Å². The van der Waals surface area contributed by atoms with Crippen LogP contribution in [0.15, 0.2) is 72.9 Å². The van der Waals surface area contributed by atoms with Gasteiger partial charge >= 0.3 is 23.9 Å². The lowest BCUT2D eigenvalue weighted by Gasteiger charge is -2.40. The second kappa shape index (κ2) is 50.9. The summed E-state index contributed by atoms with van der Waals surface area (Å²) in [5.41, 5.74) is 0. The van der Waals surface area contributed by atoms with E-state index >= 15 is 0 Å². The predicted molar refractivity (Wildman–Crippen MR) is 303 cm³/mol. The van der Waals surface area contributed by atoms with Crippen molar-refractivity contribution in [2.45, 2.75) is 289 Å². The molecule has 0 spiro atoms. The molecule has 1 saturated heterocycles. The van der Waals surface area contributed by atoms with Gasteiger partial charge in [-0.3, -0.25) is 14.4 Å². The van der Waals surface area contributed by atoms with Gasteiger partial charge in [-0.25, -0.2) is 4.79 Å². The largest absolute Gasteiger partial charge is 0.479 e. The van der Waals surface area contributed by atoms with Crippen molar-refractivity contribution in [1.29, 1.82) is 0 Å². The number of rotatable bonds is 50. The summed E-state index contributed by atoms with van der Waals surface area (Å²) in [6.07, 6.45) is 51.6. The molecule has 0 aromatic carbocycles. The van der Waals surface area contributed by atoms with E-state index in [1.165, 1.54) is 96.3 Å². The normalized spacial score (nSPS) is 18.7. The SMILES string of the molecule is CC/C=C\C/C=C\C/C=C\C/C=C\C/C=C\CCCC(=O)OCC(COC1OC(C(=O)O)C(O)C(O)C1OC(=O)CCCCCCC/C=C\CCCCCC)OC(=O)CCCCCCCCCCCCCCCCC. The van der Waals surface area contributed by atoms with Gasteiger partial charge in [-0.2, -0.15) is 0 Å². The zero-order valence-corrected chi connectivity index (χ0v) is 47.3. The lowest BCUT2D eigenvalue weighted by atomic mass is 9.98. The highest BCUT2D eigenvalue weighted by atomic mass is 16.7. The first-order chi connectivity index (χ1) is 36.6. The number of esters is 3. The van der Waals surface area contributed by atoms with Crippen molar-refractivity contribution < 1.29 is 58.2 Å². The molecule has 12 heteroatoms. The van der Waals surface area contributed by atoms with Crippen LogP contribution in [0.5, 0.6) is 0 Å². The highest BCUT2D eigenvalue weighted by Crippen LogP contribution is 2.26. The van der Waals surface area contributed by atoms with Crippen molar-refractivity contribution in [3.05, 3.63) is 72.9 Å². The summed E-state index contributed by atoms with van der Waals surface area (Å²) < 4.78 is 28.4. The summed E-state index contributed by atoms with van der Waals surface area (Å²) in [5, 5.41) is 31.5. The molecule has 0 aliphatic carbocycles. The molecule has 12 nitrogen and oxygen atoms in total. The first-order valence-electron chi connectivity index (χ1n) is 29.9. The van der Waals surface area contributed by atoms with Gasteiger partial charge in [0.25, 0.3) is 0 Å². The van der Waals surface area contributed by atoms with Crippen molar-refractivity contribution in [3.8, 4) is 0 Å². The van der Waals surface area contributed by atoms with Gasteiger partial charge in [-0.05, 0) is 83.5 Å². The Balaban J connectivity index is 2.73. The van der Waals surface area contributed by atoms with Gasteiger partial charge in [0.15, 0.2) is 24.6 Å². The lowest BCUT2D eigenvalue weighted by molar-refractivity contribution is -0.301. The van der Waals surface area contributed by atoms with Gasteiger partial charge in [0.05, 0.1) is 6.61 Å². The summed E-state index contributed by atoms with van der Waals surface area (Å²) in [6, 6.07) is 0. The van der Waals surface area contributed by atoms with Gasteiger partial charge in [0.2, 0.25) is 0 Å². The zero-order valence-electron chi connectivity index (χ0n) is 47.3. The van der Waals surface area contributed by atoms with E-state index in [-0.39, 0.29) is 25.9 Å². The predicted octanol–water partition coefficient (Wildman–Crippen LogP) is 15.3. The minimum Gasteiger partial charge on any atom is -0.479 e. The number of hydrogen-bond acceptors (Lipinski definition) is 11. The number of aliphatic hydroxyl groups excluding tert-OH is 2. The van der Waals surface area contributed by atoms with Crippen LogP contribution in [0.3, 0.4) is 0 Å². The van der Waals surface area contributed by atoms with E-state index in [9.17, 15) is 34.5 Å². The van der Waals surface area contributed by atoms with E-state index in [1.54, 1.807) is 0 Å². The molecule has 3 N–H and O–H groups in total. The standard InChI is InChI=1S/C63H106O12/c1-4-7-10-13-16-19-22-25-27-28-30-32-34-37-40-43-46-49-55(64)71-52-54(73-56(65)50-47-44-41-38-36-33-29-26-23-20-17-14-11-8-5-2)53-72-63-61(59(68)58(67)60(75-63)62(69)70)74-57(66)51-48-45-42-39-35-31-24-21-18-15-12-9-6-3/h7,10,16,19,21,24-25,27,30,32,37,40,54,58-61,63,67-68H,4-6,8-9,11-15,17-18,20,22-23,26,28-29,31,33-36,38-39,41-53H2,1-3H3,(H,69,70)/b10-7-,19-16-,24-21-,27-25-,32-30-,40-37-. The van der Waals surface area contributed by atoms with Crippen LogP contribution in [-0.2, 0) is 42.9 Å². The van der Waals surface area contributed by atoms with Crippen LogP contribution in [0.1, 0.15) is 252 Å². The summed E-state index contributed by atoms with van der Waals surface area (Å²) in [6.45, 7) is 5.82. The number of carbonyl (C=O) groups excluding carboxylic acids is 3. The molecule has 430 valence electrons. The van der Waals surface area contributed by atoms with Gasteiger partial charge in [0, 0.05) is 19.3 Å². The smallest absolute Gasteiger partial charge is 0.335 e. The number of allylic oxidation sites excluding steroid dienone is 12. The third-order valence-electron chi connectivity index (χ3n) is 13.3. The minimum absolute atomic E-state index is 0.0443. The van der Waals surface area contributed by atoms with E-state index in [0.717, 1.165) is 89.9 Å². The molecule has 0 saturated carbocycles. The van der Waals surface area contributed by atoms with Crippen LogP contribution in [-0.4, -0.2) is 89.2 Å². The third-order valence-corrected chi connectivity index (χ3v) is 13.3. The molecule has 1 aliphatic rings. The molecular weight excluding hydrogens is 949 g/mol. The van der Waals surface area contributed by atoms with E-state index in [0.29, 0.717) is 25.7 Å². The molecule has 0 aromatic heterocycles. The third kappa shape index (κ3) is 41.0. The zero-order chi connectivity index (χ0) is 54.7. The second-order valence-electron chi connectivity index (χ2n) is 20.3. The van der Waals surface area contributed by atoms with E-state index in [4.69, 9.17) is 23.7 Å². The van der Waals surface area contributed by atoms with Gasteiger partial charge in [-0.1, -0.05) is 222 Å². The number of aliphatic hydroxyl groups is 2. The van der Waals surface area contributed by atoms with Crippen molar-refractivity contribution in [2.75, 3.05) is 13.2 Å². The van der Waals surface area contributed by atoms with Crippen LogP contribution in [0.25, 0.3) is 0 Å². The quantitative estimate of drug-likeness (QED) is 0.0228. The molecule has 0 radical (unpaired) electrons. The molecule has 1 fully saturated rings.